The molecule has 0 bridgehead atoms. The van der Waals surface area contributed by atoms with Crippen molar-refractivity contribution < 1.29 is 23.4 Å². The molecule has 1 aromatic carbocycles. The number of rotatable bonds is 3. The van der Waals surface area contributed by atoms with E-state index in [0.29, 0.717) is 13.1 Å². The Morgan fingerprint density at radius 2 is 2.04 bits per heavy atom. The Morgan fingerprint density at radius 3 is 2.56 bits per heavy atom. The van der Waals surface area contributed by atoms with Crippen molar-refractivity contribution in [2.45, 2.75) is 19.0 Å². The van der Waals surface area contributed by atoms with Crippen molar-refractivity contribution in [3.05, 3.63) is 39.7 Å². The molecule has 0 unspecified atom stereocenters. The maximum atomic E-state index is 15.5. The summed E-state index contributed by atoms with van der Waals surface area (Å²) in [5.74, 6) is -3.17. The number of benzene rings is 1. The standard InChI is InChI=1S/C18H19F2N3O4/c1-8-3-22(5-13(8)21)16-12(19)2-10-15(14(16)20)23(9-6-27-7-9)4-11(17(10)24)18(25)26/h2,4,8-9,13H,3,5-7,21H2,1H3,(H,25,26)/t8-,13+/m1/s1. The third-order valence-electron chi connectivity index (χ3n) is 5.41. The molecule has 144 valence electrons. The molecule has 0 amide bonds. The Balaban J connectivity index is 2.00. The Bertz CT molecular complexity index is 992. The zero-order valence-electron chi connectivity index (χ0n) is 14.6. The quantitative estimate of drug-likeness (QED) is 0.835. The highest BCUT2D eigenvalue weighted by atomic mass is 19.1. The van der Waals surface area contributed by atoms with Gasteiger partial charge in [0, 0.05) is 25.3 Å². The first-order valence-electron chi connectivity index (χ1n) is 8.68. The molecule has 2 aliphatic heterocycles. The molecule has 3 N–H and O–H groups in total. The lowest BCUT2D eigenvalue weighted by Gasteiger charge is -2.31. The lowest BCUT2D eigenvalue weighted by atomic mass is 10.1. The summed E-state index contributed by atoms with van der Waals surface area (Å²) in [4.78, 5) is 25.4. The first-order chi connectivity index (χ1) is 12.8. The molecule has 2 saturated heterocycles. The molecule has 0 radical (unpaired) electrons. The summed E-state index contributed by atoms with van der Waals surface area (Å²) in [7, 11) is 0. The number of halogens is 2. The number of aromatic carboxylic acids is 1. The molecule has 2 aliphatic rings. The number of fused-ring (bicyclic) bond motifs is 1. The highest BCUT2D eigenvalue weighted by Crippen LogP contribution is 2.34. The van der Waals surface area contributed by atoms with Gasteiger partial charge in [0.25, 0.3) is 0 Å². The van der Waals surface area contributed by atoms with Crippen LogP contribution < -0.4 is 16.1 Å². The van der Waals surface area contributed by atoms with Gasteiger partial charge in [0.15, 0.2) is 5.82 Å². The molecular formula is C18H19F2N3O4. The number of nitrogens with two attached hydrogens (primary N) is 1. The van der Waals surface area contributed by atoms with E-state index < -0.39 is 28.6 Å². The SMILES string of the molecule is C[C@@H]1CN(c2c(F)cc3c(=O)c(C(=O)O)cn(C4COC4)c3c2F)C[C@@H]1N. The van der Waals surface area contributed by atoms with E-state index in [1.165, 1.54) is 9.47 Å². The second kappa shape index (κ2) is 6.28. The Labute approximate surface area is 152 Å². The van der Waals surface area contributed by atoms with E-state index >= 15 is 4.39 Å². The third-order valence-corrected chi connectivity index (χ3v) is 5.41. The molecule has 9 heteroatoms. The summed E-state index contributed by atoms with van der Waals surface area (Å²) in [6.45, 7) is 3.11. The maximum Gasteiger partial charge on any atom is 0.341 e. The Hall–Kier alpha value is -2.52. The minimum absolute atomic E-state index is 0.0658. The molecule has 2 fully saturated rings. The minimum Gasteiger partial charge on any atom is -0.477 e. The van der Waals surface area contributed by atoms with Crippen LogP contribution in [0.2, 0.25) is 0 Å². The van der Waals surface area contributed by atoms with E-state index in [9.17, 15) is 19.1 Å². The molecular weight excluding hydrogens is 360 g/mol. The van der Waals surface area contributed by atoms with Crippen LogP contribution in [-0.4, -0.2) is 48.0 Å². The van der Waals surface area contributed by atoms with Crippen LogP contribution >= 0.6 is 0 Å². The number of hydrogen-bond acceptors (Lipinski definition) is 5. The number of nitrogens with zero attached hydrogens (tertiary/aromatic N) is 2. The Morgan fingerprint density at radius 1 is 1.33 bits per heavy atom. The van der Waals surface area contributed by atoms with Gasteiger partial charge in [-0.05, 0) is 12.0 Å². The smallest absolute Gasteiger partial charge is 0.341 e. The average molecular weight is 379 g/mol. The Kier molecular flexibility index (Phi) is 4.15. The van der Waals surface area contributed by atoms with Crippen LogP contribution in [0.4, 0.5) is 14.5 Å². The molecule has 0 aliphatic carbocycles. The lowest BCUT2D eigenvalue weighted by Crippen LogP contribution is -2.34. The topological polar surface area (TPSA) is 97.8 Å². The van der Waals surface area contributed by atoms with Crippen molar-refractivity contribution in [1.29, 1.82) is 0 Å². The van der Waals surface area contributed by atoms with Crippen molar-refractivity contribution in [1.82, 2.24) is 4.57 Å². The van der Waals surface area contributed by atoms with Crippen LogP contribution in [-0.2, 0) is 4.74 Å². The normalized spacial score (nSPS) is 23.0. The van der Waals surface area contributed by atoms with Crippen LogP contribution in [0, 0.1) is 17.6 Å². The fourth-order valence-corrected chi connectivity index (χ4v) is 3.72. The number of carbonyl (C=O) groups is 1. The van der Waals surface area contributed by atoms with Crippen LogP contribution in [0.5, 0.6) is 0 Å². The summed E-state index contributed by atoms with van der Waals surface area (Å²) >= 11 is 0. The van der Waals surface area contributed by atoms with Crippen LogP contribution in [0.15, 0.2) is 17.1 Å². The van der Waals surface area contributed by atoms with Crippen LogP contribution in [0.25, 0.3) is 10.9 Å². The van der Waals surface area contributed by atoms with Gasteiger partial charge in [-0.15, -0.1) is 0 Å². The zero-order valence-corrected chi connectivity index (χ0v) is 14.6. The van der Waals surface area contributed by atoms with E-state index in [-0.39, 0.29) is 47.8 Å². The van der Waals surface area contributed by atoms with E-state index in [1.807, 2.05) is 6.92 Å². The largest absolute Gasteiger partial charge is 0.477 e. The summed E-state index contributed by atoms with van der Waals surface area (Å²) in [5, 5.41) is 9.00. The third kappa shape index (κ3) is 2.69. The number of ether oxygens (including phenoxy) is 1. The number of anilines is 1. The van der Waals surface area contributed by atoms with E-state index in [2.05, 4.69) is 0 Å². The molecule has 3 heterocycles. The van der Waals surface area contributed by atoms with Gasteiger partial charge in [-0.1, -0.05) is 6.92 Å². The molecule has 0 saturated carbocycles. The minimum atomic E-state index is -1.44. The number of hydrogen-bond donors (Lipinski definition) is 2. The number of pyridine rings is 1. The van der Waals surface area contributed by atoms with Gasteiger partial charge >= 0.3 is 5.97 Å². The van der Waals surface area contributed by atoms with Crippen LogP contribution in [0.3, 0.4) is 0 Å². The highest BCUT2D eigenvalue weighted by Gasteiger charge is 2.33. The number of carboxylic acids is 1. The molecule has 2 aromatic rings. The second-order valence-corrected chi connectivity index (χ2v) is 7.24. The van der Waals surface area contributed by atoms with Crippen molar-refractivity contribution in [2.75, 3.05) is 31.2 Å². The predicted octanol–water partition coefficient (Wildman–Crippen LogP) is 1.33. The summed E-state index contributed by atoms with van der Waals surface area (Å²) in [6.07, 6.45) is 1.11. The van der Waals surface area contributed by atoms with Gasteiger partial charge in [0.1, 0.15) is 17.1 Å². The molecule has 0 spiro atoms. The van der Waals surface area contributed by atoms with E-state index in [1.54, 1.807) is 0 Å². The summed E-state index contributed by atoms with van der Waals surface area (Å²) in [5.41, 5.74) is 4.19. The first kappa shape index (κ1) is 17.9. The predicted molar refractivity (Wildman–Crippen MR) is 94.3 cm³/mol. The highest BCUT2D eigenvalue weighted by molar-refractivity contribution is 5.94. The molecule has 2 atom stereocenters. The van der Waals surface area contributed by atoms with Gasteiger partial charge in [-0.3, -0.25) is 4.79 Å². The first-order valence-corrected chi connectivity index (χ1v) is 8.68. The van der Waals surface area contributed by atoms with Crippen molar-refractivity contribution in [3.8, 4) is 0 Å². The van der Waals surface area contributed by atoms with Crippen molar-refractivity contribution in [2.24, 2.45) is 11.7 Å². The molecule has 4 rings (SSSR count). The molecule has 7 nitrogen and oxygen atoms in total. The average Bonchev–Trinajstić information content (AvgIpc) is 2.86. The maximum absolute atomic E-state index is 15.5. The van der Waals surface area contributed by atoms with Gasteiger partial charge in [0.2, 0.25) is 5.43 Å². The second-order valence-electron chi connectivity index (χ2n) is 7.24. The van der Waals surface area contributed by atoms with Crippen molar-refractivity contribution >= 4 is 22.6 Å². The monoisotopic (exact) mass is 379 g/mol. The van der Waals surface area contributed by atoms with Gasteiger partial charge in [0.05, 0.1) is 30.2 Å². The van der Waals surface area contributed by atoms with Crippen LogP contribution in [0.1, 0.15) is 23.3 Å². The molecule has 1 aromatic heterocycles. The summed E-state index contributed by atoms with van der Waals surface area (Å²) < 4.78 is 36.7. The number of aromatic nitrogens is 1. The van der Waals surface area contributed by atoms with E-state index in [0.717, 1.165) is 12.3 Å². The molecule has 27 heavy (non-hydrogen) atoms. The number of carboxylic acid groups (broad SMARTS) is 1. The zero-order chi connectivity index (χ0) is 19.5. The lowest BCUT2D eigenvalue weighted by molar-refractivity contribution is -0.0219. The van der Waals surface area contributed by atoms with E-state index in [4.69, 9.17) is 10.5 Å². The summed E-state index contributed by atoms with van der Waals surface area (Å²) in [6, 6.07) is 0.391. The fraction of sp³-hybridized carbons (Fsp3) is 0.444. The fourth-order valence-electron chi connectivity index (χ4n) is 3.72. The van der Waals surface area contributed by atoms with Gasteiger partial charge in [-0.25, -0.2) is 13.6 Å². The van der Waals surface area contributed by atoms with Gasteiger partial charge in [-0.2, -0.15) is 0 Å². The van der Waals surface area contributed by atoms with Crippen molar-refractivity contribution in [3.63, 3.8) is 0 Å². The van der Waals surface area contributed by atoms with Gasteiger partial charge < -0.3 is 25.0 Å².